The molecule has 5 heteroatoms. The van der Waals surface area contributed by atoms with Crippen molar-refractivity contribution in [1.82, 2.24) is 20.1 Å². The van der Waals surface area contributed by atoms with Gasteiger partial charge >= 0.3 is 0 Å². The number of carbonyl (C=O) groups excluding carboxylic acids is 1. The van der Waals surface area contributed by atoms with Crippen LogP contribution >= 0.6 is 0 Å². The molecule has 1 aromatic heterocycles. The Kier molecular flexibility index (Phi) is 4.50. The number of nitrogens with one attached hydrogen (secondary N) is 1. The second-order valence-corrected chi connectivity index (χ2v) is 5.06. The fourth-order valence-corrected chi connectivity index (χ4v) is 2.18. The van der Waals surface area contributed by atoms with E-state index in [1.807, 2.05) is 6.92 Å². The van der Waals surface area contributed by atoms with Gasteiger partial charge in [-0.25, -0.2) is 4.98 Å². The van der Waals surface area contributed by atoms with Crippen LogP contribution in [0, 0.1) is 13.8 Å². The highest BCUT2D eigenvalue weighted by molar-refractivity contribution is 5.76. The van der Waals surface area contributed by atoms with E-state index in [1.54, 1.807) is 11.0 Å². The lowest BCUT2D eigenvalue weighted by atomic mass is 10.00. The minimum atomic E-state index is 0.0122. The van der Waals surface area contributed by atoms with Crippen molar-refractivity contribution in [2.75, 3.05) is 0 Å². The summed E-state index contributed by atoms with van der Waals surface area (Å²) in [5.41, 5.74) is 3.56. The zero-order chi connectivity index (χ0) is 14.5. The molecule has 20 heavy (non-hydrogen) atoms. The summed E-state index contributed by atoms with van der Waals surface area (Å²) in [6, 6.07) is 6.30. The standard InChI is InChI=1S/C15H20N4O/c1-11-4-5-12(2)14(8-11)13(3)18-15(20)6-7-19-10-16-9-17-19/h4-5,8-10,13H,6-7H2,1-3H3,(H,18,20)/t13-/m1/s1. The number of aryl methyl sites for hydroxylation is 3. The van der Waals surface area contributed by atoms with Crippen LogP contribution in [0.1, 0.15) is 36.1 Å². The summed E-state index contributed by atoms with van der Waals surface area (Å²) in [7, 11) is 0. The molecular weight excluding hydrogens is 252 g/mol. The van der Waals surface area contributed by atoms with Crippen molar-refractivity contribution in [3.63, 3.8) is 0 Å². The van der Waals surface area contributed by atoms with Gasteiger partial charge in [0.2, 0.25) is 5.91 Å². The van der Waals surface area contributed by atoms with Crippen LogP contribution in [0.25, 0.3) is 0 Å². The first-order chi connectivity index (χ1) is 9.56. The molecule has 1 heterocycles. The lowest BCUT2D eigenvalue weighted by Gasteiger charge is -2.17. The van der Waals surface area contributed by atoms with Crippen LogP contribution in [-0.4, -0.2) is 20.7 Å². The summed E-state index contributed by atoms with van der Waals surface area (Å²) in [5.74, 6) is 0.0221. The molecule has 0 saturated carbocycles. The van der Waals surface area contributed by atoms with E-state index in [0.717, 1.165) is 0 Å². The molecule has 0 spiro atoms. The van der Waals surface area contributed by atoms with Gasteiger partial charge in [0.25, 0.3) is 0 Å². The van der Waals surface area contributed by atoms with Crippen LogP contribution in [0.5, 0.6) is 0 Å². The van der Waals surface area contributed by atoms with Gasteiger partial charge in [-0.05, 0) is 31.9 Å². The maximum Gasteiger partial charge on any atom is 0.222 e. The summed E-state index contributed by atoms with van der Waals surface area (Å²) in [4.78, 5) is 15.8. The molecular formula is C15H20N4O. The Morgan fingerprint density at radius 3 is 2.90 bits per heavy atom. The van der Waals surface area contributed by atoms with Gasteiger partial charge in [0.05, 0.1) is 12.6 Å². The largest absolute Gasteiger partial charge is 0.350 e. The number of aromatic nitrogens is 3. The molecule has 0 aliphatic rings. The minimum absolute atomic E-state index is 0.0122. The van der Waals surface area contributed by atoms with Crippen molar-refractivity contribution in [1.29, 1.82) is 0 Å². The second kappa shape index (κ2) is 6.32. The van der Waals surface area contributed by atoms with Gasteiger partial charge < -0.3 is 5.32 Å². The first-order valence-electron chi connectivity index (χ1n) is 6.75. The van der Waals surface area contributed by atoms with E-state index in [9.17, 15) is 4.79 Å². The number of hydrogen-bond acceptors (Lipinski definition) is 3. The second-order valence-electron chi connectivity index (χ2n) is 5.06. The average molecular weight is 272 g/mol. The smallest absolute Gasteiger partial charge is 0.222 e. The summed E-state index contributed by atoms with van der Waals surface area (Å²) in [6.07, 6.45) is 3.48. The van der Waals surface area contributed by atoms with Crippen molar-refractivity contribution in [3.8, 4) is 0 Å². The topological polar surface area (TPSA) is 59.8 Å². The highest BCUT2D eigenvalue weighted by Crippen LogP contribution is 2.18. The molecule has 2 aromatic rings. The van der Waals surface area contributed by atoms with E-state index < -0.39 is 0 Å². The maximum absolute atomic E-state index is 11.9. The summed E-state index contributed by atoms with van der Waals surface area (Å²) >= 11 is 0. The molecule has 106 valence electrons. The monoisotopic (exact) mass is 272 g/mol. The third kappa shape index (κ3) is 3.66. The zero-order valence-electron chi connectivity index (χ0n) is 12.1. The first kappa shape index (κ1) is 14.2. The van der Waals surface area contributed by atoms with Gasteiger partial charge in [0, 0.05) is 6.42 Å². The quantitative estimate of drug-likeness (QED) is 0.907. The highest BCUT2D eigenvalue weighted by atomic mass is 16.1. The SMILES string of the molecule is Cc1ccc(C)c([C@@H](C)NC(=O)CCn2cncn2)c1. The number of amides is 1. The van der Waals surface area contributed by atoms with Crippen molar-refractivity contribution in [2.45, 2.75) is 39.8 Å². The van der Waals surface area contributed by atoms with Crippen LogP contribution in [-0.2, 0) is 11.3 Å². The molecule has 0 saturated heterocycles. The predicted molar refractivity (Wildman–Crippen MR) is 77.1 cm³/mol. The van der Waals surface area contributed by atoms with E-state index in [-0.39, 0.29) is 11.9 Å². The van der Waals surface area contributed by atoms with Gasteiger partial charge in [-0.2, -0.15) is 5.10 Å². The van der Waals surface area contributed by atoms with E-state index in [4.69, 9.17) is 0 Å². The van der Waals surface area contributed by atoms with Crippen LogP contribution in [0.2, 0.25) is 0 Å². The first-order valence-corrected chi connectivity index (χ1v) is 6.75. The highest BCUT2D eigenvalue weighted by Gasteiger charge is 2.12. The molecule has 0 aliphatic heterocycles. The zero-order valence-corrected chi connectivity index (χ0v) is 12.1. The van der Waals surface area contributed by atoms with Gasteiger partial charge in [-0.3, -0.25) is 9.48 Å². The Morgan fingerprint density at radius 2 is 2.20 bits per heavy atom. The lowest BCUT2D eigenvalue weighted by molar-refractivity contribution is -0.122. The van der Waals surface area contributed by atoms with Crippen LogP contribution in [0.3, 0.4) is 0 Å². The Morgan fingerprint density at radius 1 is 1.40 bits per heavy atom. The molecule has 0 unspecified atom stereocenters. The number of benzene rings is 1. The molecule has 2 rings (SSSR count). The van der Waals surface area contributed by atoms with Crippen molar-refractivity contribution in [2.24, 2.45) is 0 Å². The van der Waals surface area contributed by atoms with Crippen molar-refractivity contribution in [3.05, 3.63) is 47.5 Å². The summed E-state index contributed by atoms with van der Waals surface area (Å²) in [6.45, 7) is 6.68. The van der Waals surface area contributed by atoms with Gasteiger partial charge in [-0.15, -0.1) is 0 Å². The van der Waals surface area contributed by atoms with Crippen LogP contribution in [0.15, 0.2) is 30.9 Å². The molecule has 0 bridgehead atoms. The third-order valence-electron chi connectivity index (χ3n) is 3.31. The number of rotatable bonds is 5. The minimum Gasteiger partial charge on any atom is -0.350 e. The molecule has 1 amide bonds. The van der Waals surface area contributed by atoms with Crippen LogP contribution in [0.4, 0.5) is 0 Å². The summed E-state index contributed by atoms with van der Waals surface area (Å²) < 4.78 is 1.65. The molecule has 0 aliphatic carbocycles. The van der Waals surface area contributed by atoms with E-state index in [0.29, 0.717) is 13.0 Å². The molecule has 0 radical (unpaired) electrons. The number of nitrogens with zero attached hydrogens (tertiary/aromatic N) is 3. The fourth-order valence-electron chi connectivity index (χ4n) is 2.18. The van der Waals surface area contributed by atoms with Crippen molar-refractivity contribution >= 4 is 5.91 Å². The van der Waals surface area contributed by atoms with E-state index in [2.05, 4.69) is 47.4 Å². The predicted octanol–water partition coefficient (Wildman–Crippen LogP) is 2.16. The van der Waals surface area contributed by atoms with E-state index in [1.165, 1.54) is 23.0 Å². The normalized spacial score (nSPS) is 12.2. The molecule has 5 nitrogen and oxygen atoms in total. The molecule has 1 atom stereocenters. The number of hydrogen-bond donors (Lipinski definition) is 1. The average Bonchev–Trinajstić information content (AvgIpc) is 2.92. The maximum atomic E-state index is 11.9. The third-order valence-corrected chi connectivity index (χ3v) is 3.31. The molecule has 1 N–H and O–H groups in total. The lowest BCUT2D eigenvalue weighted by Crippen LogP contribution is -2.28. The Labute approximate surface area is 119 Å². The summed E-state index contributed by atoms with van der Waals surface area (Å²) in [5, 5.41) is 7.00. The van der Waals surface area contributed by atoms with Gasteiger partial charge in [0.1, 0.15) is 12.7 Å². The molecule has 1 aromatic carbocycles. The van der Waals surface area contributed by atoms with Gasteiger partial charge in [0.15, 0.2) is 0 Å². The van der Waals surface area contributed by atoms with Crippen molar-refractivity contribution < 1.29 is 4.79 Å². The fraction of sp³-hybridized carbons (Fsp3) is 0.400. The number of carbonyl (C=O) groups is 1. The van der Waals surface area contributed by atoms with E-state index >= 15 is 0 Å². The Hall–Kier alpha value is -2.17. The van der Waals surface area contributed by atoms with Gasteiger partial charge in [-0.1, -0.05) is 23.8 Å². The molecule has 0 fully saturated rings. The Bertz CT molecular complexity index is 578. The van der Waals surface area contributed by atoms with Crippen LogP contribution < -0.4 is 5.32 Å². The Balaban J connectivity index is 1.91.